The van der Waals surface area contributed by atoms with Crippen molar-refractivity contribution >= 4 is 37.6 Å². The van der Waals surface area contributed by atoms with Gasteiger partial charge in [-0.05, 0) is 18.6 Å². The molecule has 0 fully saturated rings. The molecule has 0 aliphatic heterocycles. The largest absolute Gasteiger partial charge is 0.480 e. The van der Waals surface area contributed by atoms with Crippen LogP contribution in [0.4, 0.5) is 4.39 Å². The molecular formula is C13H15BrFNO5S. The van der Waals surface area contributed by atoms with Gasteiger partial charge in [-0.1, -0.05) is 22.9 Å². The Hall–Kier alpha value is -1.48. The Bertz CT molecular complexity index is 705. The van der Waals surface area contributed by atoms with Crippen LogP contribution >= 0.6 is 15.9 Å². The summed E-state index contributed by atoms with van der Waals surface area (Å²) in [7, 11) is -3.87. The highest BCUT2D eigenvalue weighted by Gasteiger charge is 2.26. The fourth-order valence-electron chi connectivity index (χ4n) is 1.85. The van der Waals surface area contributed by atoms with Gasteiger partial charge in [0, 0.05) is 17.3 Å². The number of rotatable bonds is 6. The van der Waals surface area contributed by atoms with Gasteiger partial charge in [-0.3, -0.25) is 9.59 Å². The third kappa shape index (κ3) is 4.51. The summed E-state index contributed by atoms with van der Waals surface area (Å²) in [4.78, 5) is 23.5. The van der Waals surface area contributed by atoms with Crippen LogP contribution in [0.2, 0.25) is 0 Å². The first-order chi connectivity index (χ1) is 10.1. The SMILES string of the molecule is CCCN(CC(=O)O)C(=O)c1cc(Br)cc(S(C)(=O)=O)c1F. The van der Waals surface area contributed by atoms with Gasteiger partial charge < -0.3 is 10.0 Å². The number of halogens is 2. The van der Waals surface area contributed by atoms with Gasteiger partial charge >= 0.3 is 5.97 Å². The third-order valence-corrected chi connectivity index (χ3v) is 4.29. The molecule has 122 valence electrons. The summed E-state index contributed by atoms with van der Waals surface area (Å²) in [5.74, 6) is -3.28. The highest BCUT2D eigenvalue weighted by atomic mass is 79.9. The van der Waals surface area contributed by atoms with Crippen molar-refractivity contribution in [2.45, 2.75) is 18.2 Å². The zero-order chi connectivity index (χ0) is 17.1. The van der Waals surface area contributed by atoms with E-state index in [-0.39, 0.29) is 11.0 Å². The molecule has 0 bridgehead atoms. The maximum Gasteiger partial charge on any atom is 0.323 e. The molecule has 0 unspecified atom stereocenters. The van der Waals surface area contributed by atoms with E-state index in [0.717, 1.165) is 23.3 Å². The van der Waals surface area contributed by atoms with Crippen LogP contribution in [0.15, 0.2) is 21.5 Å². The first kappa shape index (κ1) is 18.6. The maximum absolute atomic E-state index is 14.3. The normalized spacial score (nSPS) is 11.3. The minimum atomic E-state index is -3.87. The van der Waals surface area contributed by atoms with E-state index in [1.54, 1.807) is 6.92 Å². The molecule has 1 rings (SSSR count). The van der Waals surface area contributed by atoms with Gasteiger partial charge in [-0.15, -0.1) is 0 Å². The molecule has 6 nitrogen and oxygen atoms in total. The average molecular weight is 396 g/mol. The van der Waals surface area contributed by atoms with Gasteiger partial charge in [0.15, 0.2) is 15.7 Å². The summed E-state index contributed by atoms with van der Waals surface area (Å²) in [5, 5.41) is 8.82. The van der Waals surface area contributed by atoms with Crippen molar-refractivity contribution in [1.82, 2.24) is 4.90 Å². The number of aliphatic carboxylic acids is 1. The Kier molecular flexibility index (Phi) is 6.07. The predicted octanol–water partition coefficient (Wildman–Crippen LogP) is 1.93. The zero-order valence-electron chi connectivity index (χ0n) is 12.0. The van der Waals surface area contributed by atoms with Crippen molar-refractivity contribution in [1.29, 1.82) is 0 Å². The van der Waals surface area contributed by atoms with Crippen LogP contribution in [-0.2, 0) is 14.6 Å². The highest BCUT2D eigenvalue weighted by Crippen LogP contribution is 2.25. The molecule has 0 aliphatic carbocycles. The summed E-state index contributed by atoms with van der Waals surface area (Å²) in [5.41, 5.74) is -0.482. The molecule has 9 heteroatoms. The Morgan fingerprint density at radius 3 is 2.41 bits per heavy atom. The summed E-state index contributed by atoms with van der Waals surface area (Å²) in [6.45, 7) is 1.26. The predicted molar refractivity (Wildman–Crippen MR) is 81.0 cm³/mol. The fourth-order valence-corrected chi connectivity index (χ4v) is 3.23. The molecule has 1 aromatic carbocycles. The van der Waals surface area contributed by atoms with Crippen LogP contribution < -0.4 is 0 Å². The minimum absolute atomic E-state index is 0.116. The third-order valence-electron chi connectivity index (χ3n) is 2.74. The Balaban J connectivity index is 3.38. The lowest BCUT2D eigenvalue weighted by Gasteiger charge is -2.20. The van der Waals surface area contributed by atoms with Crippen LogP contribution in [0.1, 0.15) is 23.7 Å². The molecule has 0 saturated carbocycles. The van der Waals surface area contributed by atoms with Gasteiger partial charge in [-0.25, -0.2) is 12.8 Å². The second-order valence-corrected chi connectivity index (χ2v) is 7.56. The molecule has 1 aromatic rings. The van der Waals surface area contributed by atoms with E-state index in [1.165, 1.54) is 0 Å². The quantitative estimate of drug-likeness (QED) is 0.794. The zero-order valence-corrected chi connectivity index (χ0v) is 14.4. The van der Waals surface area contributed by atoms with E-state index in [4.69, 9.17) is 5.11 Å². The number of hydrogen-bond donors (Lipinski definition) is 1. The van der Waals surface area contributed by atoms with E-state index < -0.39 is 44.5 Å². The van der Waals surface area contributed by atoms with Crippen LogP contribution in [0, 0.1) is 5.82 Å². The highest BCUT2D eigenvalue weighted by molar-refractivity contribution is 9.10. The lowest BCUT2D eigenvalue weighted by molar-refractivity contribution is -0.137. The number of carboxylic acids is 1. The molecule has 1 N–H and O–H groups in total. The number of carbonyl (C=O) groups is 2. The van der Waals surface area contributed by atoms with Crippen molar-refractivity contribution in [2.75, 3.05) is 19.3 Å². The van der Waals surface area contributed by atoms with E-state index in [1.807, 2.05) is 0 Å². The second kappa shape index (κ2) is 7.19. The molecule has 0 atom stereocenters. The number of carbonyl (C=O) groups excluding carboxylic acids is 1. The van der Waals surface area contributed by atoms with E-state index in [2.05, 4.69) is 15.9 Å². The summed E-state index contributed by atoms with van der Waals surface area (Å²) in [6, 6.07) is 2.19. The van der Waals surface area contributed by atoms with Crippen LogP contribution in [0.3, 0.4) is 0 Å². The molecule has 1 amide bonds. The number of amides is 1. The molecule has 0 aromatic heterocycles. The Morgan fingerprint density at radius 1 is 1.36 bits per heavy atom. The van der Waals surface area contributed by atoms with Crippen molar-refractivity contribution in [2.24, 2.45) is 0 Å². The standard InChI is InChI=1S/C13H15BrFNO5S/c1-3-4-16(7-11(17)18)13(19)9-5-8(14)6-10(12(9)15)22(2,20)21/h5-6H,3-4,7H2,1-2H3,(H,17,18). The monoisotopic (exact) mass is 395 g/mol. The number of benzene rings is 1. The fraction of sp³-hybridized carbons (Fsp3) is 0.385. The van der Waals surface area contributed by atoms with Gasteiger partial charge in [0.1, 0.15) is 11.4 Å². The Morgan fingerprint density at radius 2 is 1.95 bits per heavy atom. The lowest BCUT2D eigenvalue weighted by Crippen LogP contribution is -2.36. The van der Waals surface area contributed by atoms with Crippen LogP contribution in [0.25, 0.3) is 0 Å². The second-order valence-electron chi connectivity index (χ2n) is 4.66. The topological polar surface area (TPSA) is 91.8 Å². The van der Waals surface area contributed by atoms with E-state index in [9.17, 15) is 22.4 Å². The van der Waals surface area contributed by atoms with Gasteiger partial charge in [0.25, 0.3) is 5.91 Å². The van der Waals surface area contributed by atoms with Gasteiger partial charge in [0.2, 0.25) is 0 Å². The summed E-state index contributed by atoms with van der Waals surface area (Å²) in [6.07, 6.45) is 1.31. The van der Waals surface area contributed by atoms with Gasteiger partial charge in [0.05, 0.1) is 5.56 Å². The van der Waals surface area contributed by atoms with Crippen molar-refractivity contribution in [3.8, 4) is 0 Å². The number of sulfone groups is 1. The average Bonchev–Trinajstić information content (AvgIpc) is 2.38. The summed E-state index contributed by atoms with van der Waals surface area (Å²) < 4.78 is 37.7. The number of carboxylic acid groups (broad SMARTS) is 1. The van der Waals surface area contributed by atoms with Crippen molar-refractivity contribution < 1.29 is 27.5 Å². The Labute approximate surface area is 136 Å². The minimum Gasteiger partial charge on any atom is -0.480 e. The first-order valence-corrected chi connectivity index (χ1v) is 8.96. The number of hydrogen-bond acceptors (Lipinski definition) is 4. The van der Waals surface area contributed by atoms with Crippen LogP contribution in [-0.4, -0.2) is 49.6 Å². The molecule has 0 heterocycles. The van der Waals surface area contributed by atoms with Crippen molar-refractivity contribution in [3.63, 3.8) is 0 Å². The van der Waals surface area contributed by atoms with Gasteiger partial charge in [-0.2, -0.15) is 0 Å². The van der Waals surface area contributed by atoms with E-state index in [0.29, 0.717) is 6.42 Å². The number of nitrogens with zero attached hydrogens (tertiary/aromatic N) is 1. The first-order valence-electron chi connectivity index (χ1n) is 6.28. The molecule has 22 heavy (non-hydrogen) atoms. The molecule has 0 saturated heterocycles. The lowest BCUT2D eigenvalue weighted by atomic mass is 10.1. The van der Waals surface area contributed by atoms with Crippen LogP contribution in [0.5, 0.6) is 0 Å². The summed E-state index contributed by atoms with van der Waals surface area (Å²) >= 11 is 3.03. The van der Waals surface area contributed by atoms with Crippen molar-refractivity contribution in [3.05, 3.63) is 28.0 Å². The van der Waals surface area contributed by atoms with E-state index >= 15 is 0 Å². The molecule has 0 radical (unpaired) electrons. The molecule has 0 spiro atoms. The molecule has 0 aliphatic rings. The maximum atomic E-state index is 14.3. The smallest absolute Gasteiger partial charge is 0.323 e. The molecular weight excluding hydrogens is 381 g/mol.